The first-order valence-electron chi connectivity index (χ1n) is 7.57. The number of anilines is 1. The van der Waals surface area contributed by atoms with Crippen LogP contribution in [0, 0.1) is 11.8 Å². The highest BCUT2D eigenvalue weighted by atomic mass is 19.4. The van der Waals surface area contributed by atoms with Gasteiger partial charge in [0.25, 0.3) is 5.95 Å². The monoisotopic (exact) mass is 378 g/mol. The SMILES string of the molecule is CC(C)(C)OC(=O)N1CC(C)(C(F)(F)F)c2c1cnc1c(F)c(F)nn21. The van der Waals surface area contributed by atoms with Crippen LogP contribution in [-0.4, -0.2) is 39.0 Å². The lowest BCUT2D eigenvalue weighted by Gasteiger charge is -2.29. The summed E-state index contributed by atoms with van der Waals surface area (Å²) in [5, 5.41) is 3.20. The molecule has 1 aliphatic rings. The molecular formula is C15H15F5N4O2. The maximum absolute atomic E-state index is 13.8. The minimum atomic E-state index is -4.83. The molecule has 0 N–H and O–H groups in total. The van der Waals surface area contributed by atoms with Crippen LogP contribution in [0.25, 0.3) is 5.65 Å². The number of halogens is 5. The van der Waals surface area contributed by atoms with Crippen LogP contribution in [0.5, 0.6) is 0 Å². The summed E-state index contributed by atoms with van der Waals surface area (Å²) in [5.74, 6) is -3.04. The fraction of sp³-hybridized carbons (Fsp3) is 0.533. The van der Waals surface area contributed by atoms with Gasteiger partial charge in [-0.25, -0.2) is 14.3 Å². The van der Waals surface area contributed by atoms with Gasteiger partial charge in [-0.1, -0.05) is 0 Å². The second-order valence-electron chi connectivity index (χ2n) is 7.23. The Morgan fingerprint density at radius 2 is 1.88 bits per heavy atom. The van der Waals surface area contributed by atoms with Crippen molar-refractivity contribution in [3.8, 4) is 0 Å². The maximum atomic E-state index is 13.8. The number of carbonyl (C=O) groups is 1. The number of fused-ring (bicyclic) bond motifs is 3. The molecule has 11 heteroatoms. The van der Waals surface area contributed by atoms with Gasteiger partial charge in [0, 0.05) is 6.54 Å². The van der Waals surface area contributed by atoms with Crippen molar-refractivity contribution in [2.75, 3.05) is 11.4 Å². The molecular weight excluding hydrogens is 363 g/mol. The molecule has 6 nitrogen and oxygen atoms in total. The zero-order chi connectivity index (χ0) is 19.7. The molecule has 0 fully saturated rings. The first-order chi connectivity index (χ1) is 11.8. The van der Waals surface area contributed by atoms with E-state index >= 15 is 0 Å². The molecule has 2 aromatic heterocycles. The van der Waals surface area contributed by atoms with E-state index < -0.39 is 52.9 Å². The maximum Gasteiger partial charge on any atom is 0.414 e. The van der Waals surface area contributed by atoms with Crippen LogP contribution in [0.1, 0.15) is 33.4 Å². The molecule has 0 saturated heterocycles. The molecule has 1 atom stereocenters. The Bertz CT molecular complexity index is 902. The highest BCUT2D eigenvalue weighted by molar-refractivity contribution is 5.91. The number of hydrogen-bond acceptors (Lipinski definition) is 4. The fourth-order valence-electron chi connectivity index (χ4n) is 2.82. The third-order valence-corrected chi connectivity index (χ3v) is 4.06. The van der Waals surface area contributed by atoms with E-state index in [0.29, 0.717) is 4.52 Å². The van der Waals surface area contributed by atoms with Crippen molar-refractivity contribution in [2.45, 2.75) is 44.9 Å². The van der Waals surface area contributed by atoms with Gasteiger partial charge >= 0.3 is 12.3 Å². The van der Waals surface area contributed by atoms with E-state index in [2.05, 4.69) is 10.1 Å². The lowest BCUT2D eigenvalue weighted by molar-refractivity contribution is -0.181. The van der Waals surface area contributed by atoms with Gasteiger partial charge < -0.3 is 4.74 Å². The zero-order valence-electron chi connectivity index (χ0n) is 14.3. The van der Waals surface area contributed by atoms with Crippen LogP contribution in [0.4, 0.5) is 32.4 Å². The molecule has 2 aromatic rings. The third-order valence-electron chi connectivity index (χ3n) is 4.06. The van der Waals surface area contributed by atoms with Crippen molar-refractivity contribution in [3.05, 3.63) is 23.7 Å². The summed E-state index contributed by atoms with van der Waals surface area (Å²) in [5.41, 5.74) is -5.11. The molecule has 1 unspecified atom stereocenters. The highest BCUT2D eigenvalue weighted by Crippen LogP contribution is 2.50. The molecule has 0 saturated carbocycles. The van der Waals surface area contributed by atoms with Crippen molar-refractivity contribution >= 4 is 17.4 Å². The van der Waals surface area contributed by atoms with E-state index in [4.69, 9.17) is 4.74 Å². The van der Waals surface area contributed by atoms with Gasteiger partial charge in [0.1, 0.15) is 11.0 Å². The summed E-state index contributed by atoms with van der Waals surface area (Å²) in [6.07, 6.45) is -4.97. The Morgan fingerprint density at radius 3 is 2.42 bits per heavy atom. The van der Waals surface area contributed by atoms with E-state index in [9.17, 15) is 26.7 Å². The Hall–Kier alpha value is -2.46. The minimum absolute atomic E-state index is 0.269. The largest absolute Gasteiger partial charge is 0.443 e. The first-order valence-corrected chi connectivity index (χ1v) is 7.57. The molecule has 1 aliphatic heterocycles. The Morgan fingerprint density at radius 1 is 1.27 bits per heavy atom. The van der Waals surface area contributed by atoms with E-state index in [1.807, 2.05) is 0 Å². The number of aromatic nitrogens is 3. The predicted molar refractivity (Wildman–Crippen MR) is 79.9 cm³/mol. The minimum Gasteiger partial charge on any atom is -0.443 e. The summed E-state index contributed by atoms with van der Waals surface area (Å²) in [6.45, 7) is 4.68. The molecule has 0 spiro atoms. The number of carbonyl (C=O) groups excluding carboxylic acids is 1. The van der Waals surface area contributed by atoms with Gasteiger partial charge in [-0.05, 0) is 27.7 Å². The molecule has 0 aromatic carbocycles. The number of alkyl halides is 3. The third kappa shape index (κ3) is 2.56. The molecule has 0 radical (unpaired) electrons. The van der Waals surface area contributed by atoms with Crippen molar-refractivity contribution in [3.63, 3.8) is 0 Å². The Balaban J connectivity index is 2.25. The van der Waals surface area contributed by atoms with Crippen molar-refractivity contribution in [1.82, 2.24) is 14.6 Å². The number of hydrogen-bond donors (Lipinski definition) is 0. The van der Waals surface area contributed by atoms with Crippen LogP contribution in [-0.2, 0) is 10.2 Å². The molecule has 0 bridgehead atoms. The average molecular weight is 378 g/mol. The fourth-order valence-corrected chi connectivity index (χ4v) is 2.82. The van der Waals surface area contributed by atoms with E-state index in [-0.39, 0.29) is 5.69 Å². The smallest absolute Gasteiger partial charge is 0.414 e. The summed E-state index contributed by atoms with van der Waals surface area (Å²) in [4.78, 5) is 16.7. The van der Waals surface area contributed by atoms with Crippen LogP contribution in [0.3, 0.4) is 0 Å². The number of nitrogens with zero attached hydrogens (tertiary/aromatic N) is 4. The first kappa shape index (κ1) is 18.3. The zero-order valence-corrected chi connectivity index (χ0v) is 14.3. The van der Waals surface area contributed by atoms with Gasteiger partial charge in [-0.3, -0.25) is 4.90 Å². The molecule has 1 amide bonds. The predicted octanol–water partition coefficient (Wildman–Crippen LogP) is 3.58. The summed E-state index contributed by atoms with van der Waals surface area (Å²) in [6, 6.07) is 0. The summed E-state index contributed by atoms with van der Waals surface area (Å²) < 4.78 is 74.3. The second-order valence-corrected chi connectivity index (χ2v) is 7.23. The standard InChI is InChI=1S/C15H15F5N4O2/c1-13(2,3)26-12(25)23-6-14(4,15(18,19)20)9-7(23)5-21-11-8(16)10(17)22-24(9)11/h5H,6H2,1-4H3. The Kier molecular flexibility index (Phi) is 3.72. The Labute approximate surface area is 144 Å². The number of ether oxygens (including phenoxy) is 1. The van der Waals surface area contributed by atoms with Crippen LogP contribution in [0.2, 0.25) is 0 Å². The van der Waals surface area contributed by atoms with Crippen molar-refractivity contribution < 1.29 is 31.5 Å². The highest BCUT2D eigenvalue weighted by Gasteiger charge is 2.61. The number of amides is 1. The van der Waals surface area contributed by atoms with Gasteiger partial charge in [0.15, 0.2) is 5.65 Å². The molecule has 3 rings (SSSR count). The van der Waals surface area contributed by atoms with Gasteiger partial charge in [-0.2, -0.15) is 22.0 Å². The van der Waals surface area contributed by atoms with Gasteiger partial charge in [0.05, 0.1) is 17.6 Å². The van der Waals surface area contributed by atoms with E-state index in [0.717, 1.165) is 18.0 Å². The van der Waals surface area contributed by atoms with Crippen LogP contribution >= 0.6 is 0 Å². The molecule has 142 valence electrons. The van der Waals surface area contributed by atoms with Crippen LogP contribution in [0.15, 0.2) is 6.20 Å². The average Bonchev–Trinajstić information content (AvgIpc) is 2.94. The van der Waals surface area contributed by atoms with Gasteiger partial charge in [0.2, 0.25) is 5.82 Å². The quantitative estimate of drug-likeness (QED) is 0.658. The normalized spacial score (nSPS) is 20.6. The summed E-state index contributed by atoms with van der Waals surface area (Å²) in [7, 11) is 0. The lowest BCUT2D eigenvalue weighted by atomic mass is 9.88. The molecule has 3 heterocycles. The van der Waals surface area contributed by atoms with Crippen molar-refractivity contribution in [2.24, 2.45) is 0 Å². The molecule has 26 heavy (non-hydrogen) atoms. The number of rotatable bonds is 0. The lowest BCUT2D eigenvalue weighted by Crippen LogP contribution is -2.46. The topological polar surface area (TPSA) is 59.7 Å². The van der Waals surface area contributed by atoms with E-state index in [1.54, 1.807) is 20.8 Å². The summed E-state index contributed by atoms with van der Waals surface area (Å²) >= 11 is 0. The van der Waals surface area contributed by atoms with Gasteiger partial charge in [-0.15, -0.1) is 5.10 Å². The van der Waals surface area contributed by atoms with E-state index in [1.165, 1.54) is 0 Å². The van der Waals surface area contributed by atoms with Crippen molar-refractivity contribution in [1.29, 1.82) is 0 Å². The second kappa shape index (κ2) is 5.27. The van der Waals surface area contributed by atoms with Crippen LogP contribution < -0.4 is 4.90 Å². The molecule has 0 aliphatic carbocycles.